The van der Waals surface area contributed by atoms with Crippen LogP contribution in [0.25, 0.3) is 0 Å². The van der Waals surface area contributed by atoms with Crippen molar-refractivity contribution in [3.05, 3.63) is 24.3 Å². The number of hydrogen-bond acceptors (Lipinski definition) is 3. The Hall–Kier alpha value is -1.49. The summed E-state index contributed by atoms with van der Waals surface area (Å²) in [5.74, 6) is 0.0296. The van der Waals surface area contributed by atoms with Crippen molar-refractivity contribution in [1.82, 2.24) is 5.32 Å². The van der Waals surface area contributed by atoms with Gasteiger partial charge in [-0.3, -0.25) is 9.59 Å². The van der Waals surface area contributed by atoms with Gasteiger partial charge in [0.05, 0.1) is 5.69 Å². The molecule has 2 amide bonds. The number of hydrogen-bond donors (Lipinski definition) is 1. The molecule has 1 heterocycles. The van der Waals surface area contributed by atoms with Crippen LogP contribution in [0.1, 0.15) is 20.3 Å². The van der Waals surface area contributed by atoms with Crippen molar-refractivity contribution < 1.29 is 9.59 Å². The normalized spacial score (nSPS) is 20.8. The smallest absolute Gasteiger partial charge is 0.250 e. The van der Waals surface area contributed by atoms with E-state index in [1.807, 2.05) is 44.4 Å². The van der Waals surface area contributed by atoms with Crippen LogP contribution in [0.4, 0.5) is 5.69 Å². The third-order valence-electron chi connectivity index (χ3n) is 3.74. The number of anilines is 1. The Bertz CT molecular complexity index is 518. The minimum atomic E-state index is -0.420. The van der Waals surface area contributed by atoms with Crippen molar-refractivity contribution in [1.29, 1.82) is 0 Å². The highest BCUT2D eigenvalue weighted by Gasteiger charge is 2.36. The largest absolute Gasteiger partial charge is 0.342 e. The molecule has 0 spiro atoms. The zero-order valence-electron chi connectivity index (χ0n) is 12.1. The monoisotopic (exact) mass is 292 g/mol. The molecule has 0 aromatic heterocycles. The molecule has 1 aromatic rings. The van der Waals surface area contributed by atoms with Gasteiger partial charge in [0.15, 0.2) is 0 Å². The second-order valence-corrected chi connectivity index (χ2v) is 5.88. The molecule has 1 N–H and O–H groups in total. The number of carbonyl (C=O) groups excluding carboxylic acids is 2. The third-order valence-corrected chi connectivity index (χ3v) is 4.52. The number of benzene rings is 1. The zero-order chi connectivity index (χ0) is 14.7. The van der Waals surface area contributed by atoms with E-state index in [2.05, 4.69) is 5.32 Å². The second-order valence-electron chi connectivity index (χ2n) is 5.03. The van der Waals surface area contributed by atoms with Crippen molar-refractivity contribution >= 4 is 29.3 Å². The molecule has 0 bridgehead atoms. The zero-order valence-corrected chi connectivity index (χ0v) is 12.9. The van der Waals surface area contributed by atoms with Crippen molar-refractivity contribution in [2.24, 2.45) is 5.92 Å². The highest BCUT2D eigenvalue weighted by atomic mass is 32.2. The molecule has 2 atom stereocenters. The molecule has 1 aromatic carbocycles. The standard InChI is InChI=1S/C15H20N2O2S/c1-4-10(2)14-15(19)17(9-13(18)16-14)11-7-5-6-8-12(11)20-3/h5-8,10,14H,4,9H2,1-3H3,(H,16,18). The van der Waals surface area contributed by atoms with Crippen LogP contribution >= 0.6 is 11.8 Å². The minimum absolute atomic E-state index is 0.0135. The van der Waals surface area contributed by atoms with Gasteiger partial charge >= 0.3 is 0 Å². The molecule has 4 nitrogen and oxygen atoms in total. The van der Waals surface area contributed by atoms with Gasteiger partial charge in [-0.1, -0.05) is 32.4 Å². The van der Waals surface area contributed by atoms with E-state index in [4.69, 9.17) is 0 Å². The predicted octanol–water partition coefficient (Wildman–Crippen LogP) is 2.29. The van der Waals surface area contributed by atoms with E-state index in [1.54, 1.807) is 16.7 Å². The minimum Gasteiger partial charge on any atom is -0.342 e. The first-order valence-corrected chi connectivity index (χ1v) is 8.04. The van der Waals surface area contributed by atoms with Crippen molar-refractivity contribution in [2.45, 2.75) is 31.2 Å². The molecule has 5 heteroatoms. The van der Waals surface area contributed by atoms with Gasteiger partial charge < -0.3 is 10.2 Å². The lowest BCUT2D eigenvalue weighted by Crippen LogP contribution is -2.60. The fourth-order valence-corrected chi connectivity index (χ4v) is 2.95. The van der Waals surface area contributed by atoms with Gasteiger partial charge in [0.25, 0.3) is 0 Å². The molecule has 108 valence electrons. The van der Waals surface area contributed by atoms with Gasteiger partial charge in [0.1, 0.15) is 12.6 Å². The SMILES string of the molecule is CCC(C)C1NC(=O)CN(c2ccccc2SC)C1=O. The number of amides is 2. The molecule has 1 fully saturated rings. The Labute approximate surface area is 123 Å². The lowest BCUT2D eigenvalue weighted by molar-refractivity contribution is -0.132. The number of thioether (sulfide) groups is 1. The molecular formula is C15H20N2O2S. The average Bonchev–Trinajstić information content (AvgIpc) is 2.48. The highest BCUT2D eigenvalue weighted by molar-refractivity contribution is 7.98. The van der Waals surface area contributed by atoms with Gasteiger partial charge in [0.2, 0.25) is 11.8 Å². The summed E-state index contributed by atoms with van der Waals surface area (Å²) in [5.41, 5.74) is 0.827. The molecule has 1 aliphatic heterocycles. The van der Waals surface area contributed by atoms with Crippen molar-refractivity contribution in [3.8, 4) is 0 Å². The number of nitrogens with zero attached hydrogens (tertiary/aromatic N) is 1. The van der Waals surface area contributed by atoms with Gasteiger partial charge in [-0.15, -0.1) is 11.8 Å². The maximum absolute atomic E-state index is 12.6. The van der Waals surface area contributed by atoms with E-state index in [1.165, 1.54) is 0 Å². The van der Waals surface area contributed by atoms with E-state index >= 15 is 0 Å². The number of carbonyl (C=O) groups is 2. The summed E-state index contributed by atoms with van der Waals surface area (Å²) in [6, 6.07) is 7.29. The molecule has 2 rings (SSSR count). The highest BCUT2D eigenvalue weighted by Crippen LogP contribution is 2.30. The van der Waals surface area contributed by atoms with Crippen LogP contribution in [-0.4, -0.2) is 30.7 Å². The Morgan fingerprint density at radius 3 is 2.75 bits per heavy atom. The van der Waals surface area contributed by atoms with Crippen LogP contribution < -0.4 is 10.2 Å². The maximum atomic E-state index is 12.6. The molecule has 0 aliphatic carbocycles. The summed E-state index contributed by atoms with van der Waals surface area (Å²) in [6.07, 6.45) is 2.83. The fraction of sp³-hybridized carbons (Fsp3) is 0.467. The lowest BCUT2D eigenvalue weighted by atomic mass is 9.96. The summed E-state index contributed by atoms with van der Waals surface area (Å²) in [7, 11) is 0. The fourth-order valence-electron chi connectivity index (χ4n) is 2.35. The van der Waals surface area contributed by atoms with Crippen LogP contribution in [0.5, 0.6) is 0 Å². The lowest BCUT2D eigenvalue weighted by Gasteiger charge is -2.35. The summed E-state index contributed by atoms with van der Waals surface area (Å²) in [6.45, 7) is 4.12. The van der Waals surface area contributed by atoms with Crippen LogP contribution in [0, 0.1) is 5.92 Å². The molecule has 20 heavy (non-hydrogen) atoms. The van der Waals surface area contributed by atoms with Crippen molar-refractivity contribution in [2.75, 3.05) is 17.7 Å². The first kappa shape index (κ1) is 14.9. The Kier molecular flexibility index (Phi) is 4.70. The van der Waals surface area contributed by atoms with Crippen molar-refractivity contribution in [3.63, 3.8) is 0 Å². The average molecular weight is 292 g/mol. The Morgan fingerprint density at radius 2 is 2.10 bits per heavy atom. The van der Waals surface area contributed by atoms with Crippen LogP contribution in [-0.2, 0) is 9.59 Å². The first-order valence-electron chi connectivity index (χ1n) is 6.82. The molecule has 0 saturated carbocycles. The van der Waals surface area contributed by atoms with E-state index in [0.717, 1.165) is 17.0 Å². The quantitative estimate of drug-likeness (QED) is 0.866. The first-order chi connectivity index (χ1) is 9.58. The van der Waals surface area contributed by atoms with Crippen LogP contribution in [0.15, 0.2) is 29.2 Å². The summed E-state index contributed by atoms with van der Waals surface area (Å²) in [4.78, 5) is 27.2. The third kappa shape index (κ3) is 2.82. The molecule has 2 unspecified atom stereocenters. The predicted molar refractivity (Wildman–Crippen MR) is 82.0 cm³/mol. The molecule has 1 aliphatic rings. The molecule has 0 radical (unpaired) electrons. The Morgan fingerprint density at radius 1 is 1.40 bits per heavy atom. The number of piperazine rings is 1. The number of para-hydroxylation sites is 1. The summed E-state index contributed by atoms with van der Waals surface area (Å²) >= 11 is 1.58. The van der Waals surface area contributed by atoms with Crippen LogP contribution in [0.3, 0.4) is 0 Å². The van der Waals surface area contributed by atoms with Gasteiger partial charge in [-0.25, -0.2) is 0 Å². The van der Waals surface area contributed by atoms with Gasteiger partial charge in [-0.05, 0) is 24.3 Å². The van der Waals surface area contributed by atoms with E-state index in [-0.39, 0.29) is 24.3 Å². The molecule has 1 saturated heterocycles. The Balaban J connectivity index is 2.35. The van der Waals surface area contributed by atoms with Crippen LogP contribution in [0.2, 0.25) is 0 Å². The number of rotatable bonds is 4. The maximum Gasteiger partial charge on any atom is 0.250 e. The van der Waals surface area contributed by atoms with E-state index in [9.17, 15) is 9.59 Å². The van der Waals surface area contributed by atoms with E-state index in [0.29, 0.717) is 0 Å². The molecular weight excluding hydrogens is 272 g/mol. The topological polar surface area (TPSA) is 49.4 Å². The van der Waals surface area contributed by atoms with Gasteiger partial charge in [-0.2, -0.15) is 0 Å². The van der Waals surface area contributed by atoms with E-state index < -0.39 is 6.04 Å². The summed E-state index contributed by atoms with van der Waals surface area (Å²) in [5, 5.41) is 2.82. The second kappa shape index (κ2) is 6.31. The summed E-state index contributed by atoms with van der Waals surface area (Å²) < 4.78 is 0. The number of nitrogens with one attached hydrogen (secondary N) is 1. The van der Waals surface area contributed by atoms with Gasteiger partial charge in [0, 0.05) is 4.90 Å².